The van der Waals surface area contributed by atoms with Crippen molar-refractivity contribution in [3.63, 3.8) is 0 Å². The number of urea groups is 1. The van der Waals surface area contributed by atoms with Crippen LogP contribution in [0.25, 0.3) is 0 Å². The van der Waals surface area contributed by atoms with E-state index in [4.69, 9.17) is 0 Å². The Bertz CT molecular complexity index is 1270. The number of amides is 3. The highest BCUT2D eigenvalue weighted by molar-refractivity contribution is 7.93. The average Bonchev–Trinajstić information content (AvgIpc) is 3.18. The summed E-state index contributed by atoms with van der Waals surface area (Å²) >= 11 is 0. The molecule has 1 saturated carbocycles. The van der Waals surface area contributed by atoms with Gasteiger partial charge in [-0.05, 0) is 104 Å². The molecule has 3 amide bonds. The van der Waals surface area contributed by atoms with E-state index in [1.165, 1.54) is 35.1 Å². The number of nitrogens with one attached hydrogen (secondary N) is 3. The van der Waals surface area contributed by atoms with Crippen LogP contribution in [0.2, 0.25) is 0 Å². The van der Waals surface area contributed by atoms with E-state index >= 15 is 0 Å². The smallest absolute Gasteiger partial charge is 0.312 e. The van der Waals surface area contributed by atoms with Crippen LogP contribution in [0.5, 0.6) is 0 Å². The summed E-state index contributed by atoms with van der Waals surface area (Å²) in [5, 5.41) is 6.37. The molecule has 2 aromatic rings. The van der Waals surface area contributed by atoms with Gasteiger partial charge in [0.1, 0.15) is 0 Å². The molecular formula is C25H28N4O3S. The fraction of sp³-hybridized carbons (Fsp3) is 0.440. The lowest BCUT2D eigenvalue weighted by molar-refractivity contribution is 0.0985. The molecular weight excluding hydrogens is 436 g/mol. The van der Waals surface area contributed by atoms with Gasteiger partial charge in [0, 0.05) is 12.2 Å². The van der Waals surface area contributed by atoms with E-state index < -0.39 is 21.9 Å². The maximum atomic E-state index is 13.7. The third-order valence-electron chi connectivity index (χ3n) is 7.20. The van der Waals surface area contributed by atoms with E-state index in [1.807, 2.05) is 6.07 Å². The van der Waals surface area contributed by atoms with Crippen molar-refractivity contribution in [3.8, 4) is 0 Å². The second kappa shape index (κ2) is 7.95. The van der Waals surface area contributed by atoms with Gasteiger partial charge in [0.15, 0.2) is 9.92 Å². The van der Waals surface area contributed by atoms with Crippen molar-refractivity contribution in [1.29, 1.82) is 0 Å². The molecule has 1 atom stereocenters. The number of anilines is 1. The predicted octanol–water partition coefficient (Wildman–Crippen LogP) is 3.88. The van der Waals surface area contributed by atoms with Crippen LogP contribution in [0.4, 0.5) is 10.5 Å². The summed E-state index contributed by atoms with van der Waals surface area (Å²) in [4.78, 5) is 25.8. The summed E-state index contributed by atoms with van der Waals surface area (Å²) in [7, 11) is -3.38. The highest BCUT2D eigenvalue weighted by Crippen LogP contribution is 2.39. The zero-order valence-corrected chi connectivity index (χ0v) is 19.4. The van der Waals surface area contributed by atoms with Gasteiger partial charge >= 0.3 is 6.03 Å². The summed E-state index contributed by atoms with van der Waals surface area (Å²) in [6.07, 6.45) is 8.62. The lowest BCUT2D eigenvalue weighted by Gasteiger charge is -2.15. The number of benzene rings is 2. The Kier molecular flexibility index (Phi) is 5.03. The maximum Gasteiger partial charge on any atom is 0.355 e. The molecule has 6 rings (SSSR count). The molecule has 1 fully saturated rings. The maximum absolute atomic E-state index is 13.7. The highest BCUT2D eigenvalue weighted by atomic mass is 32.2. The molecule has 1 aliphatic heterocycles. The standard InChI is InChI=1S/C25H28N4O3S/c30-24-21-10-9-16(14-26-13-15-7-8-15)11-22(21)33(32,28-24)29-25(31)27-23-19-5-1-3-17(19)12-18-4-2-6-20(18)23/h9-12,15,26H,1-8,13-14H2,(H2,27,28,29,30,31,32). The largest absolute Gasteiger partial charge is 0.355 e. The van der Waals surface area contributed by atoms with Crippen LogP contribution >= 0.6 is 0 Å². The van der Waals surface area contributed by atoms with Gasteiger partial charge in [0.2, 0.25) is 0 Å². The van der Waals surface area contributed by atoms with Gasteiger partial charge in [-0.1, -0.05) is 12.1 Å². The number of carbonyl (C=O) groups excluding carboxylic acids is 2. The molecule has 4 aliphatic rings. The Morgan fingerprint density at radius 1 is 1.06 bits per heavy atom. The van der Waals surface area contributed by atoms with E-state index in [1.54, 1.807) is 12.1 Å². The third kappa shape index (κ3) is 3.85. The first-order chi connectivity index (χ1) is 16.0. The molecule has 0 saturated heterocycles. The minimum atomic E-state index is -3.38. The van der Waals surface area contributed by atoms with Gasteiger partial charge in [-0.3, -0.25) is 9.52 Å². The summed E-state index contributed by atoms with van der Waals surface area (Å²) in [5.41, 5.74) is 7.09. The zero-order chi connectivity index (χ0) is 22.6. The Balaban J connectivity index is 1.29. The topological polar surface area (TPSA) is 99.7 Å². The molecule has 1 heterocycles. The number of carbonyl (C=O) groups is 2. The lowest BCUT2D eigenvalue weighted by Crippen LogP contribution is -2.23. The SMILES string of the molecule is O=C(N=S1(=O)NC(=O)c2ccc(CNCC3CC3)cc21)Nc1c2c(cc3c1CCC3)CCC2. The number of aryl methyl sites for hydroxylation is 2. The molecule has 172 valence electrons. The van der Waals surface area contributed by atoms with Crippen molar-refractivity contribution in [1.82, 2.24) is 10.0 Å². The zero-order valence-electron chi connectivity index (χ0n) is 18.5. The minimum Gasteiger partial charge on any atom is -0.312 e. The molecule has 0 radical (unpaired) electrons. The van der Waals surface area contributed by atoms with Gasteiger partial charge in [-0.15, -0.1) is 4.36 Å². The quantitative estimate of drug-likeness (QED) is 0.625. The highest BCUT2D eigenvalue weighted by Gasteiger charge is 2.33. The number of nitrogens with zero attached hydrogens (tertiary/aromatic N) is 1. The number of fused-ring (bicyclic) bond motifs is 3. The summed E-state index contributed by atoms with van der Waals surface area (Å²) in [5.74, 6) is 0.303. The Hall–Kier alpha value is -2.71. The number of hydrogen-bond acceptors (Lipinski definition) is 4. The van der Waals surface area contributed by atoms with Gasteiger partial charge in [-0.2, -0.15) is 0 Å². The summed E-state index contributed by atoms with van der Waals surface area (Å²) < 4.78 is 20.2. The first kappa shape index (κ1) is 20.9. The molecule has 0 spiro atoms. The van der Waals surface area contributed by atoms with Crippen LogP contribution in [-0.4, -0.2) is 22.7 Å². The Morgan fingerprint density at radius 3 is 2.48 bits per heavy atom. The van der Waals surface area contributed by atoms with Crippen molar-refractivity contribution in [3.05, 3.63) is 57.6 Å². The molecule has 3 N–H and O–H groups in total. The summed E-state index contributed by atoms with van der Waals surface area (Å²) in [6, 6.07) is 6.91. The first-order valence-corrected chi connectivity index (χ1v) is 13.4. The molecule has 8 heteroatoms. The van der Waals surface area contributed by atoms with Crippen LogP contribution in [-0.2, 0) is 42.1 Å². The van der Waals surface area contributed by atoms with Crippen LogP contribution in [0, 0.1) is 5.92 Å². The third-order valence-corrected chi connectivity index (χ3v) is 9.01. The minimum absolute atomic E-state index is 0.303. The van der Waals surface area contributed by atoms with Crippen LogP contribution in [0.1, 0.15) is 63.9 Å². The van der Waals surface area contributed by atoms with E-state index in [-0.39, 0.29) is 0 Å². The second-order valence-corrected chi connectivity index (χ2v) is 11.5. The first-order valence-electron chi connectivity index (χ1n) is 11.9. The van der Waals surface area contributed by atoms with E-state index in [0.717, 1.165) is 62.2 Å². The molecule has 3 aliphatic carbocycles. The summed E-state index contributed by atoms with van der Waals surface area (Å²) in [6.45, 7) is 1.59. The molecule has 1 unspecified atom stereocenters. The van der Waals surface area contributed by atoms with Gasteiger partial charge < -0.3 is 10.6 Å². The van der Waals surface area contributed by atoms with Crippen LogP contribution < -0.4 is 15.4 Å². The van der Waals surface area contributed by atoms with E-state index in [0.29, 0.717) is 17.0 Å². The van der Waals surface area contributed by atoms with Crippen LogP contribution in [0.15, 0.2) is 33.5 Å². The number of hydrogen-bond donors (Lipinski definition) is 3. The Labute approximate surface area is 194 Å². The van der Waals surface area contributed by atoms with Gasteiger partial charge in [0.05, 0.1) is 10.5 Å². The molecule has 0 bridgehead atoms. The molecule has 2 aromatic carbocycles. The van der Waals surface area contributed by atoms with Crippen molar-refractivity contribution in [2.24, 2.45) is 10.3 Å². The van der Waals surface area contributed by atoms with Crippen LogP contribution in [0.3, 0.4) is 0 Å². The van der Waals surface area contributed by atoms with Crippen molar-refractivity contribution >= 4 is 27.5 Å². The van der Waals surface area contributed by atoms with Crippen molar-refractivity contribution < 1.29 is 13.8 Å². The van der Waals surface area contributed by atoms with Crippen molar-refractivity contribution in [2.45, 2.75) is 62.8 Å². The van der Waals surface area contributed by atoms with E-state index in [9.17, 15) is 13.8 Å². The average molecular weight is 465 g/mol. The van der Waals surface area contributed by atoms with E-state index in [2.05, 4.69) is 25.8 Å². The Morgan fingerprint density at radius 2 is 1.79 bits per heavy atom. The van der Waals surface area contributed by atoms with Gasteiger partial charge in [0.25, 0.3) is 5.91 Å². The molecule has 0 aromatic heterocycles. The number of rotatable bonds is 5. The van der Waals surface area contributed by atoms with Crippen molar-refractivity contribution in [2.75, 3.05) is 11.9 Å². The fourth-order valence-corrected chi connectivity index (χ4v) is 7.02. The second-order valence-electron chi connectivity index (χ2n) is 9.62. The van der Waals surface area contributed by atoms with Gasteiger partial charge in [-0.25, -0.2) is 9.00 Å². The lowest BCUT2D eigenvalue weighted by atomic mass is 9.99. The predicted molar refractivity (Wildman–Crippen MR) is 127 cm³/mol. The fourth-order valence-electron chi connectivity index (χ4n) is 5.36. The normalized spacial score (nSPS) is 22.5. The molecule has 33 heavy (non-hydrogen) atoms. The molecule has 7 nitrogen and oxygen atoms in total. The monoisotopic (exact) mass is 464 g/mol.